The van der Waals surface area contributed by atoms with Gasteiger partial charge in [0.05, 0.1) is 0 Å². The Labute approximate surface area is 79.1 Å². The van der Waals surface area contributed by atoms with Gasteiger partial charge in [0.15, 0.2) is 0 Å². The molecule has 0 aromatic rings. The van der Waals surface area contributed by atoms with Crippen LogP contribution in [0.15, 0.2) is 0 Å². The Kier molecular flexibility index (Phi) is 1.27. The summed E-state index contributed by atoms with van der Waals surface area (Å²) in [6.45, 7) is 5.68. The molecule has 2 saturated carbocycles. The van der Waals surface area contributed by atoms with Gasteiger partial charge in [-0.1, -0.05) is 13.8 Å². The lowest BCUT2D eigenvalue weighted by Crippen LogP contribution is -2.28. The second-order valence-corrected chi connectivity index (χ2v) is 5.55. The molecule has 1 N–H and O–H groups in total. The van der Waals surface area contributed by atoms with Crippen LogP contribution in [0.2, 0.25) is 0 Å². The van der Waals surface area contributed by atoms with Gasteiger partial charge in [0.2, 0.25) is 5.91 Å². The van der Waals surface area contributed by atoms with Gasteiger partial charge in [0, 0.05) is 12.5 Å². The molecule has 1 saturated heterocycles. The van der Waals surface area contributed by atoms with Crippen molar-refractivity contribution in [1.29, 1.82) is 0 Å². The molecule has 4 atom stereocenters. The zero-order valence-corrected chi connectivity index (χ0v) is 8.34. The fourth-order valence-corrected chi connectivity index (χ4v) is 4.32. The summed E-state index contributed by atoms with van der Waals surface area (Å²) < 4.78 is 0. The quantitative estimate of drug-likeness (QED) is 0.598. The summed E-state index contributed by atoms with van der Waals surface area (Å²) in [5.41, 5.74) is 0.438. The number of hydrogen-bond donors (Lipinski definition) is 1. The smallest absolute Gasteiger partial charge is 0.223 e. The fourth-order valence-electron chi connectivity index (χ4n) is 4.32. The van der Waals surface area contributed by atoms with Crippen molar-refractivity contribution in [3.05, 3.63) is 0 Å². The molecule has 3 aliphatic rings. The van der Waals surface area contributed by atoms with Crippen molar-refractivity contribution in [3.8, 4) is 0 Å². The van der Waals surface area contributed by atoms with Gasteiger partial charge in [-0.15, -0.1) is 0 Å². The third-order valence-corrected chi connectivity index (χ3v) is 4.93. The van der Waals surface area contributed by atoms with Crippen LogP contribution in [0, 0.1) is 29.1 Å². The Hall–Kier alpha value is -0.530. The van der Waals surface area contributed by atoms with E-state index in [1.165, 1.54) is 12.8 Å². The molecule has 3 rings (SSSR count). The Bertz CT molecular complexity index is 271. The highest BCUT2D eigenvalue weighted by molar-refractivity contribution is 5.82. The molecule has 0 radical (unpaired) electrons. The number of fused-ring (bicyclic) bond motifs is 5. The lowest BCUT2D eigenvalue weighted by Gasteiger charge is -2.26. The molecule has 72 valence electrons. The van der Waals surface area contributed by atoms with Crippen LogP contribution in [-0.2, 0) is 4.79 Å². The second-order valence-electron chi connectivity index (χ2n) is 5.55. The monoisotopic (exact) mass is 179 g/mol. The first-order chi connectivity index (χ1) is 6.12. The van der Waals surface area contributed by atoms with Gasteiger partial charge in [-0.2, -0.15) is 0 Å². The maximum absolute atomic E-state index is 11.6. The molecule has 3 fully saturated rings. The average molecular weight is 179 g/mol. The highest BCUT2D eigenvalue weighted by Crippen LogP contribution is 2.63. The Balaban J connectivity index is 2.03. The first-order valence-electron chi connectivity index (χ1n) is 5.40. The van der Waals surface area contributed by atoms with E-state index < -0.39 is 0 Å². The van der Waals surface area contributed by atoms with Gasteiger partial charge in [0.25, 0.3) is 0 Å². The van der Waals surface area contributed by atoms with Crippen molar-refractivity contribution in [2.45, 2.75) is 26.7 Å². The molecule has 0 spiro atoms. The first-order valence-corrected chi connectivity index (χ1v) is 5.40. The van der Waals surface area contributed by atoms with Crippen molar-refractivity contribution < 1.29 is 4.79 Å². The predicted molar refractivity (Wildman–Crippen MR) is 50.0 cm³/mol. The molecule has 2 aliphatic carbocycles. The van der Waals surface area contributed by atoms with E-state index in [0.717, 1.165) is 12.5 Å². The van der Waals surface area contributed by atoms with E-state index in [1.807, 2.05) is 0 Å². The van der Waals surface area contributed by atoms with Crippen LogP contribution in [-0.4, -0.2) is 12.5 Å². The van der Waals surface area contributed by atoms with Crippen LogP contribution in [0.25, 0.3) is 0 Å². The van der Waals surface area contributed by atoms with Crippen LogP contribution in [0.4, 0.5) is 0 Å². The maximum Gasteiger partial charge on any atom is 0.223 e. The average Bonchev–Trinajstić information content (AvgIpc) is 2.63. The van der Waals surface area contributed by atoms with Crippen LogP contribution in [0.5, 0.6) is 0 Å². The van der Waals surface area contributed by atoms with E-state index in [-0.39, 0.29) is 0 Å². The van der Waals surface area contributed by atoms with E-state index in [4.69, 9.17) is 0 Å². The van der Waals surface area contributed by atoms with Gasteiger partial charge in [-0.25, -0.2) is 0 Å². The minimum absolute atomic E-state index is 0.338. The maximum atomic E-state index is 11.6. The topological polar surface area (TPSA) is 29.1 Å². The summed E-state index contributed by atoms with van der Waals surface area (Å²) in [5, 5.41) is 3.02. The van der Waals surface area contributed by atoms with Crippen LogP contribution < -0.4 is 5.32 Å². The summed E-state index contributed by atoms with van der Waals surface area (Å²) in [6.07, 6.45) is 2.64. The normalized spacial score (nSPS) is 50.8. The van der Waals surface area contributed by atoms with Crippen molar-refractivity contribution in [1.82, 2.24) is 5.32 Å². The molecule has 13 heavy (non-hydrogen) atoms. The summed E-state index contributed by atoms with van der Waals surface area (Å²) in [5.74, 6) is 2.85. The molecular weight excluding hydrogens is 162 g/mol. The van der Waals surface area contributed by atoms with Gasteiger partial charge in [-0.3, -0.25) is 4.79 Å². The minimum Gasteiger partial charge on any atom is -0.356 e. The molecule has 4 unspecified atom stereocenters. The van der Waals surface area contributed by atoms with Gasteiger partial charge >= 0.3 is 0 Å². The van der Waals surface area contributed by atoms with Crippen molar-refractivity contribution in [3.63, 3.8) is 0 Å². The molecule has 1 heterocycles. The molecule has 0 aromatic heterocycles. The van der Waals surface area contributed by atoms with Crippen LogP contribution >= 0.6 is 0 Å². The fraction of sp³-hybridized carbons (Fsp3) is 0.909. The lowest BCUT2D eigenvalue weighted by molar-refractivity contribution is -0.124. The first kappa shape index (κ1) is 7.84. The van der Waals surface area contributed by atoms with Crippen molar-refractivity contribution in [2.24, 2.45) is 29.1 Å². The largest absolute Gasteiger partial charge is 0.356 e. The summed E-state index contributed by atoms with van der Waals surface area (Å²) >= 11 is 0. The van der Waals surface area contributed by atoms with Crippen molar-refractivity contribution >= 4 is 5.91 Å². The molecule has 2 bridgehead atoms. The molecule has 1 aliphatic heterocycles. The standard InChI is InChI=1S/C11H17NO/c1-11(2)7-3-4-8(11)9-6(7)5-12-10(9)13/h6-9H,3-5H2,1-2H3,(H,12,13). The van der Waals surface area contributed by atoms with Gasteiger partial charge in [-0.05, 0) is 36.0 Å². The zero-order valence-electron chi connectivity index (χ0n) is 8.34. The third kappa shape index (κ3) is 0.733. The summed E-state index contributed by atoms with van der Waals surface area (Å²) in [7, 11) is 0. The Morgan fingerprint density at radius 1 is 1.31 bits per heavy atom. The number of rotatable bonds is 0. The summed E-state index contributed by atoms with van der Waals surface area (Å²) in [6, 6.07) is 0. The van der Waals surface area contributed by atoms with Crippen LogP contribution in [0.1, 0.15) is 26.7 Å². The van der Waals surface area contributed by atoms with Gasteiger partial charge in [0.1, 0.15) is 0 Å². The molecule has 2 nitrogen and oxygen atoms in total. The molecule has 1 amide bonds. The van der Waals surface area contributed by atoms with E-state index in [1.54, 1.807) is 0 Å². The summed E-state index contributed by atoms with van der Waals surface area (Å²) in [4.78, 5) is 11.6. The lowest BCUT2D eigenvalue weighted by atomic mass is 9.80. The van der Waals surface area contributed by atoms with Crippen molar-refractivity contribution in [2.75, 3.05) is 6.54 Å². The Morgan fingerprint density at radius 3 is 2.69 bits per heavy atom. The number of carbonyl (C=O) groups excluding carboxylic acids is 1. The third-order valence-electron chi connectivity index (χ3n) is 4.93. The SMILES string of the molecule is CC1(C)C2CCC1C1C(=O)NCC12. The Morgan fingerprint density at radius 2 is 2.00 bits per heavy atom. The number of carbonyl (C=O) groups is 1. The highest BCUT2D eigenvalue weighted by Gasteiger charge is 2.62. The predicted octanol–water partition coefficient (Wildman–Crippen LogP) is 1.41. The molecular formula is C11H17NO. The van der Waals surface area contributed by atoms with E-state index >= 15 is 0 Å². The molecule has 2 heteroatoms. The minimum atomic E-state index is 0.338. The van der Waals surface area contributed by atoms with E-state index in [2.05, 4.69) is 19.2 Å². The van der Waals surface area contributed by atoms with Crippen LogP contribution in [0.3, 0.4) is 0 Å². The number of nitrogens with one attached hydrogen (secondary N) is 1. The van der Waals surface area contributed by atoms with E-state index in [9.17, 15) is 4.79 Å². The van der Waals surface area contributed by atoms with E-state index in [0.29, 0.717) is 29.1 Å². The molecule has 0 aromatic carbocycles. The van der Waals surface area contributed by atoms with Gasteiger partial charge < -0.3 is 5.32 Å². The number of amides is 1. The highest BCUT2D eigenvalue weighted by atomic mass is 16.2. The second kappa shape index (κ2) is 2.10. The number of hydrogen-bond acceptors (Lipinski definition) is 1. The zero-order chi connectivity index (χ0) is 9.22.